The molecule has 0 amide bonds. The lowest BCUT2D eigenvalue weighted by Crippen LogP contribution is -2.17. The Morgan fingerprint density at radius 3 is 2.29 bits per heavy atom. The molecule has 2 nitrogen and oxygen atoms in total. The summed E-state index contributed by atoms with van der Waals surface area (Å²) in [5, 5.41) is 6.79. The summed E-state index contributed by atoms with van der Waals surface area (Å²) in [6, 6.07) is 5.03. The summed E-state index contributed by atoms with van der Waals surface area (Å²) in [5.74, 6) is 0. The van der Waals surface area contributed by atoms with Crippen molar-refractivity contribution in [1.82, 2.24) is 10.6 Å². The van der Waals surface area contributed by atoms with Crippen molar-refractivity contribution in [2.45, 2.75) is 26.8 Å². The molecular weight excluding hydrogens is 172 g/mol. The van der Waals surface area contributed by atoms with Gasteiger partial charge in [0.2, 0.25) is 0 Å². The van der Waals surface area contributed by atoms with E-state index in [1.807, 2.05) is 0 Å². The van der Waals surface area contributed by atoms with E-state index < -0.39 is 0 Å². The fourth-order valence-corrected chi connectivity index (χ4v) is 2.43. The van der Waals surface area contributed by atoms with E-state index in [2.05, 4.69) is 43.5 Å². The van der Waals surface area contributed by atoms with Crippen molar-refractivity contribution in [3.63, 3.8) is 0 Å². The van der Waals surface area contributed by atoms with Crippen molar-refractivity contribution in [2.75, 3.05) is 13.2 Å². The molecule has 1 unspecified atom stereocenters. The Kier molecular flexibility index (Phi) is 2.57. The highest BCUT2D eigenvalue weighted by Crippen LogP contribution is 2.24. The van der Waals surface area contributed by atoms with Crippen LogP contribution in [0.5, 0.6) is 0 Å². The summed E-state index contributed by atoms with van der Waals surface area (Å²) in [4.78, 5) is 0. The third-order valence-corrected chi connectivity index (χ3v) is 2.91. The predicted molar refractivity (Wildman–Crippen MR) is 59.4 cm³/mol. The monoisotopic (exact) mass is 190 g/mol. The van der Waals surface area contributed by atoms with Gasteiger partial charge < -0.3 is 5.32 Å². The minimum Gasteiger partial charge on any atom is -0.303 e. The average Bonchev–Trinajstić information content (AvgIpc) is 2.54. The molecule has 1 aromatic rings. The van der Waals surface area contributed by atoms with Crippen molar-refractivity contribution in [2.24, 2.45) is 0 Å². The lowest BCUT2D eigenvalue weighted by atomic mass is 9.94. The van der Waals surface area contributed by atoms with Gasteiger partial charge in [0.15, 0.2) is 0 Å². The zero-order valence-electron chi connectivity index (χ0n) is 9.15. The molecule has 0 aromatic heterocycles. The maximum Gasteiger partial charge on any atom is 0.0462 e. The van der Waals surface area contributed by atoms with E-state index in [1.165, 1.54) is 22.3 Å². The largest absolute Gasteiger partial charge is 0.303 e. The molecule has 1 aromatic carbocycles. The fraction of sp³-hybridized carbons (Fsp3) is 0.500. The van der Waals surface area contributed by atoms with Gasteiger partial charge in [0.05, 0.1) is 0 Å². The molecule has 14 heavy (non-hydrogen) atoms. The lowest BCUT2D eigenvalue weighted by molar-refractivity contribution is 0.668. The van der Waals surface area contributed by atoms with E-state index in [1.54, 1.807) is 0 Å². The summed E-state index contributed by atoms with van der Waals surface area (Å²) >= 11 is 0. The minimum absolute atomic E-state index is 0.496. The summed E-state index contributed by atoms with van der Waals surface area (Å²) in [5.41, 5.74) is 5.64. The zero-order chi connectivity index (χ0) is 10.1. The summed E-state index contributed by atoms with van der Waals surface area (Å²) in [6.45, 7) is 8.54. The average molecular weight is 190 g/mol. The Balaban J connectivity index is 2.40. The van der Waals surface area contributed by atoms with Crippen LogP contribution in [-0.2, 0) is 0 Å². The van der Waals surface area contributed by atoms with Gasteiger partial charge in [-0.2, -0.15) is 0 Å². The van der Waals surface area contributed by atoms with E-state index in [0.29, 0.717) is 6.04 Å². The van der Waals surface area contributed by atoms with Gasteiger partial charge in [-0.3, -0.25) is 5.32 Å². The van der Waals surface area contributed by atoms with Gasteiger partial charge in [0.25, 0.3) is 0 Å². The van der Waals surface area contributed by atoms with E-state index in [4.69, 9.17) is 0 Å². The van der Waals surface area contributed by atoms with Crippen molar-refractivity contribution < 1.29 is 0 Å². The Morgan fingerprint density at radius 2 is 1.79 bits per heavy atom. The second-order valence-corrected chi connectivity index (χ2v) is 4.20. The number of hydrogen-bond donors (Lipinski definition) is 2. The second kappa shape index (κ2) is 3.71. The molecule has 2 N–H and O–H groups in total. The first-order chi connectivity index (χ1) is 6.68. The third kappa shape index (κ3) is 1.68. The summed E-state index contributed by atoms with van der Waals surface area (Å²) < 4.78 is 0. The van der Waals surface area contributed by atoms with Crippen LogP contribution in [0, 0.1) is 20.8 Å². The highest BCUT2D eigenvalue weighted by molar-refractivity contribution is 5.40. The van der Waals surface area contributed by atoms with Crippen molar-refractivity contribution in [3.05, 3.63) is 34.4 Å². The standard InChI is InChI=1S/C12H18N2/c1-8-4-9(2)12(10(3)5-8)11-6-13-7-14-11/h4-5,11,13-14H,6-7H2,1-3H3. The first-order valence-corrected chi connectivity index (χ1v) is 5.20. The number of aryl methyl sites for hydroxylation is 3. The lowest BCUT2D eigenvalue weighted by Gasteiger charge is -2.17. The Labute approximate surface area is 85.7 Å². The minimum atomic E-state index is 0.496. The van der Waals surface area contributed by atoms with E-state index >= 15 is 0 Å². The molecule has 0 saturated carbocycles. The first-order valence-electron chi connectivity index (χ1n) is 5.20. The molecule has 0 radical (unpaired) electrons. The van der Waals surface area contributed by atoms with E-state index in [-0.39, 0.29) is 0 Å². The molecule has 1 saturated heterocycles. The van der Waals surface area contributed by atoms with Gasteiger partial charge in [-0.25, -0.2) is 0 Å². The van der Waals surface area contributed by atoms with Crippen LogP contribution in [0.1, 0.15) is 28.3 Å². The quantitative estimate of drug-likeness (QED) is 0.705. The molecule has 0 spiro atoms. The van der Waals surface area contributed by atoms with Crippen molar-refractivity contribution in [3.8, 4) is 0 Å². The van der Waals surface area contributed by atoms with Crippen LogP contribution in [0.2, 0.25) is 0 Å². The van der Waals surface area contributed by atoms with E-state index in [9.17, 15) is 0 Å². The molecule has 1 atom stereocenters. The van der Waals surface area contributed by atoms with Gasteiger partial charge in [0, 0.05) is 19.3 Å². The number of hydrogen-bond acceptors (Lipinski definition) is 2. The van der Waals surface area contributed by atoms with Gasteiger partial charge in [0.1, 0.15) is 0 Å². The second-order valence-electron chi connectivity index (χ2n) is 4.20. The van der Waals surface area contributed by atoms with Crippen LogP contribution in [0.25, 0.3) is 0 Å². The van der Waals surface area contributed by atoms with Gasteiger partial charge in [-0.15, -0.1) is 0 Å². The summed E-state index contributed by atoms with van der Waals surface area (Å²) in [6.07, 6.45) is 0. The van der Waals surface area contributed by atoms with Crippen LogP contribution < -0.4 is 10.6 Å². The van der Waals surface area contributed by atoms with Crippen LogP contribution in [0.15, 0.2) is 12.1 Å². The molecule has 0 bridgehead atoms. The van der Waals surface area contributed by atoms with Gasteiger partial charge in [-0.1, -0.05) is 17.7 Å². The van der Waals surface area contributed by atoms with Gasteiger partial charge in [-0.05, 0) is 37.5 Å². The predicted octanol–water partition coefficient (Wildman–Crippen LogP) is 1.80. The highest BCUT2D eigenvalue weighted by Gasteiger charge is 2.19. The van der Waals surface area contributed by atoms with Gasteiger partial charge >= 0.3 is 0 Å². The SMILES string of the molecule is Cc1cc(C)c(C2CNCN2)c(C)c1. The third-order valence-electron chi connectivity index (χ3n) is 2.91. The Hall–Kier alpha value is -0.860. The molecule has 2 heteroatoms. The van der Waals surface area contributed by atoms with Crippen molar-refractivity contribution in [1.29, 1.82) is 0 Å². The molecule has 1 fully saturated rings. The van der Waals surface area contributed by atoms with Crippen LogP contribution in [-0.4, -0.2) is 13.2 Å². The molecular formula is C12H18N2. The maximum atomic E-state index is 3.46. The topological polar surface area (TPSA) is 24.1 Å². The van der Waals surface area contributed by atoms with Crippen LogP contribution >= 0.6 is 0 Å². The number of benzene rings is 1. The molecule has 1 aliphatic rings. The molecule has 76 valence electrons. The Bertz CT molecular complexity index is 315. The number of nitrogens with one attached hydrogen (secondary N) is 2. The summed E-state index contributed by atoms with van der Waals surface area (Å²) in [7, 11) is 0. The maximum absolute atomic E-state index is 3.46. The van der Waals surface area contributed by atoms with Crippen molar-refractivity contribution >= 4 is 0 Å². The smallest absolute Gasteiger partial charge is 0.0462 e. The van der Waals surface area contributed by atoms with Crippen LogP contribution in [0.3, 0.4) is 0 Å². The molecule has 0 aliphatic carbocycles. The Morgan fingerprint density at radius 1 is 1.14 bits per heavy atom. The molecule has 2 rings (SSSR count). The van der Waals surface area contributed by atoms with Crippen LogP contribution in [0.4, 0.5) is 0 Å². The zero-order valence-corrected chi connectivity index (χ0v) is 9.15. The first kappa shape index (κ1) is 9.69. The normalized spacial score (nSPS) is 21.5. The molecule has 1 aliphatic heterocycles. The number of rotatable bonds is 1. The highest BCUT2D eigenvalue weighted by atomic mass is 15.2. The molecule has 1 heterocycles. The van der Waals surface area contributed by atoms with E-state index in [0.717, 1.165) is 13.2 Å². The fourth-order valence-electron chi connectivity index (χ4n) is 2.43.